The zero-order valence-corrected chi connectivity index (χ0v) is 11.1. The maximum absolute atomic E-state index is 12.1. The van der Waals surface area contributed by atoms with Gasteiger partial charge in [0.05, 0.1) is 0 Å². The lowest BCUT2D eigenvalue weighted by atomic mass is 9.95. The number of hydrogen-bond acceptors (Lipinski definition) is 4. The van der Waals surface area contributed by atoms with E-state index in [-0.39, 0.29) is 11.7 Å². The van der Waals surface area contributed by atoms with E-state index in [1.54, 1.807) is 6.07 Å². The van der Waals surface area contributed by atoms with Crippen LogP contribution in [0.15, 0.2) is 45.6 Å². The molecule has 0 saturated heterocycles. The van der Waals surface area contributed by atoms with Crippen LogP contribution in [0, 0.1) is 0 Å². The summed E-state index contributed by atoms with van der Waals surface area (Å²) in [5.74, 6) is -0.415. The number of esters is 1. The quantitative estimate of drug-likeness (QED) is 0.478. The van der Waals surface area contributed by atoms with Gasteiger partial charge in [-0.2, -0.15) is 0 Å². The van der Waals surface area contributed by atoms with Gasteiger partial charge >= 0.3 is 11.6 Å². The predicted molar refractivity (Wildman–Crippen MR) is 74.9 cm³/mol. The summed E-state index contributed by atoms with van der Waals surface area (Å²) in [7, 11) is 0. The van der Waals surface area contributed by atoms with Gasteiger partial charge in [-0.15, -0.1) is 0 Å². The number of ether oxygens (including phenoxy) is 1. The molecule has 102 valence electrons. The number of benzene rings is 1. The van der Waals surface area contributed by atoms with E-state index >= 15 is 0 Å². The molecular formula is C16H14O4. The summed E-state index contributed by atoms with van der Waals surface area (Å²) < 4.78 is 10.4. The largest absolute Gasteiger partial charge is 0.420 e. The van der Waals surface area contributed by atoms with Crippen LogP contribution in [-0.2, 0) is 4.79 Å². The molecule has 4 nitrogen and oxygen atoms in total. The van der Waals surface area contributed by atoms with Gasteiger partial charge < -0.3 is 9.15 Å². The van der Waals surface area contributed by atoms with Crippen LogP contribution in [0.25, 0.3) is 11.0 Å². The molecule has 0 N–H and O–H groups in total. The summed E-state index contributed by atoms with van der Waals surface area (Å²) in [6.07, 6.45) is 5.99. The second-order valence-corrected chi connectivity index (χ2v) is 4.83. The Hall–Kier alpha value is -2.36. The lowest BCUT2D eigenvalue weighted by molar-refractivity contribution is -0.132. The number of para-hydroxylation sites is 1. The second-order valence-electron chi connectivity index (χ2n) is 4.83. The first-order valence-electron chi connectivity index (χ1n) is 6.57. The van der Waals surface area contributed by atoms with Gasteiger partial charge in [0, 0.05) is 23.8 Å². The van der Waals surface area contributed by atoms with E-state index in [0.29, 0.717) is 5.58 Å². The lowest BCUT2D eigenvalue weighted by Gasteiger charge is -2.14. The molecule has 1 atom stereocenters. The van der Waals surface area contributed by atoms with Crippen LogP contribution in [0.1, 0.15) is 31.2 Å². The van der Waals surface area contributed by atoms with Crippen LogP contribution in [0.3, 0.4) is 0 Å². The Morgan fingerprint density at radius 2 is 2.15 bits per heavy atom. The number of carbonyl (C=O) groups is 1. The molecule has 0 fully saturated rings. The summed E-state index contributed by atoms with van der Waals surface area (Å²) in [5.41, 5.74) is 0.665. The Morgan fingerprint density at radius 3 is 2.85 bits per heavy atom. The van der Waals surface area contributed by atoms with E-state index in [4.69, 9.17) is 9.15 Å². The van der Waals surface area contributed by atoms with E-state index in [1.807, 2.05) is 24.3 Å². The minimum Gasteiger partial charge on any atom is -0.420 e. The molecule has 0 saturated carbocycles. The summed E-state index contributed by atoms with van der Waals surface area (Å²) >= 11 is 0. The number of fused-ring (bicyclic) bond motifs is 1. The molecule has 2 aromatic rings. The normalized spacial score (nSPS) is 17.6. The van der Waals surface area contributed by atoms with Crippen molar-refractivity contribution in [1.29, 1.82) is 0 Å². The van der Waals surface area contributed by atoms with Crippen molar-refractivity contribution >= 4 is 16.9 Å². The summed E-state index contributed by atoms with van der Waals surface area (Å²) in [4.78, 5) is 23.3. The zero-order valence-electron chi connectivity index (χ0n) is 11.1. The molecule has 1 unspecified atom stereocenters. The van der Waals surface area contributed by atoms with Gasteiger partial charge in [-0.05, 0) is 18.9 Å². The molecule has 20 heavy (non-hydrogen) atoms. The topological polar surface area (TPSA) is 56.5 Å². The van der Waals surface area contributed by atoms with Crippen molar-refractivity contribution in [2.75, 3.05) is 0 Å². The number of rotatable bonds is 2. The molecule has 4 heteroatoms. The van der Waals surface area contributed by atoms with Crippen LogP contribution in [0.4, 0.5) is 0 Å². The molecule has 3 rings (SSSR count). The van der Waals surface area contributed by atoms with Gasteiger partial charge in [-0.1, -0.05) is 30.4 Å². The third kappa shape index (κ3) is 2.13. The first-order valence-corrected chi connectivity index (χ1v) is 6.57. The average molecular weight is 270 g/mol. The zero-order chi connectivity index (χ0) is 14.1. The highest BCUT2D eigenvalue weighted by molar-refractivity contribution is 5.84. The molecule has 0 spiro atoms. The third-order valence-electron chi connectivity index (χ3n) is 3.44. The maximum Gasteiger partial charge on any atom is 0.380 e. The van der Waals surface area contributed by atoms with Crippen LogP contribution in [-0.4, -0.2) is 5.97 Å². The van der Waals surface area contributed by atoms with Crippen molar-refractivity contribution in [3.63, 3.8) is 0 Å². The minimum atomic E-state index is -0.603. The fraction of sp³-hybridized carbons (Fsp3) is 0.250. The highest BCUT2D eigenvalue weighted by atomic mass is 16.5. The minimum absolute atomic E-state index is 0.0211. The smallest absolute Gasteiger partial charge is 0.380 e. The maximum atomic E-state index is 12.1. The van der Waals surface area contributed by atoms with Crippen LogP contribution < -0.4 is 10.4 Å². The highest BCUT2D eigenvalue weighted by Gasteiger charge is 2.24. The van der Waals surface area contributed by atoms with Crippen molar-refractivity contribution in [2.24, 2.45) is 0 Å². The SMILES string of the molecule is CC(=O)Oc1c(C2C=CCC2)c2ccccc2oc1=O. The van der Waals surface area contributed by atoms with E-state index in [1.165, 1.54) is 6.92 Å². The molecule has 0 radical (unpaired) electrons. The van der Waals surface area contributed by atoms with E-state index in [9.17, 15) is 9.59 Å². The standard InChI is InChI=1S/C16H14O4/c1-10(17)19-15-14(11-6-2-3-7-11)12-8-4-5-9-13(12)20-16(15)18/h2,4-6,8-9,11H,3,7H2,1H3. The number of carbonyl (C=O) groups excluding carboxylic acids is 1. The molecule has 1 heterocycles. The Labute approximate surface area is 115 Å². The molecule has 0 amide bonds. The molecule has 0 bridgehead atoms. The third-order valence-corrected chi connectivity index (χ3v) is 3.44. The van der Waals surface area contributed by atoms with E-state index in [0.717, 1.165) is 23.8 Å². The van der Waals surface area contributed by atoms with Crippen molar-refractivity contribution in [1.82, 2.24) is 0 Å². The fourth-order valence-corrected chi connectivity index (χ4v) is 2.64. The van der Waals surface area contributed by atoms with Gasteiger partial charge in [0.25, 0.3) is 0 Å². The van der Waals surface area contributed by atoms with E-state index < -0.39 is 11.6 Å². The van der Waals surface area contributed by atoms with Crippen molar-refractivity contribution in [3.8, 4) is 5.75 Å². The summed E-state index contributed by atoms with van der Waals surface area (Å²) in [6, 6.07) is 7.32. The predicted octanol–water partition coefficient (Wildman–Crippen LogP) is 3.15. The van der Waals surface area contributed by atoms with Crippen LogP contribution >= 0.6 is 0 Å². The molecule has 1 aromatic heterocycles. The molecule has 1 aliphatic carbocycles. The molecule has 1 aromatic carbocycles. The Morgan fingerprint density at radius 1 is 1.35 bits per heavy atom. The number of hydrogen-bond donors (Lipinski definition) is 0. The van der Waals surface area contributed by atoms with Gasteiger partial charge in [0.1, 0.15) is 5.58 Å². The first kappa shape index (κ1) is 12.7. The Balaban J connectivity index is 2.31. The van der Waals surface area contributed by atoms with Gasteiger partial charge in [-0.25, -0.2) is 4.79 Å². The summed E-state index contributed by atoms with van der Waals surface area (Å²) in [5, 5.41) is 0.819. The molecular weight excluding hydrogens is 256 g/mol. The summed E-state index contributed by atoms with van der Waals surface area (Å²) in [6.45, 7) is 1.28. The monoisotopic (exact) mass is 270 g/mol. The van der Waals surface area contributed by atoms with Crippen molar-refractivity contribution in [3.05, 3.63) is 52.4 Å². The number of allylic oxidation sites excluding steroid dienone is 2. The van der Waals surface area contributed by atoms with Crippen LogP contribution in [0.5, 0.6) is 5.75 Å². The van der Waals surface area contributed by atoms with Crippen LogP contribution in [0.2, 0.25) is 0 Å². The fourth-order valence-electron chi connectivity index (χ4n) is 2.64. The average Bonchev–Trinajstić information content (AvgIpc) is 2.92. The molecule has 0 aliphatic heterocycles. The second kappa shape index (κ2) is 4.96. The highest BCUT2D eigenvalue weighted by Crippen LogP contribution is 2.37. The van der Waals surface area contributed by atoms with E-state index in [2.05, 4.69) is 6.08 Å². The van der Waals surface area contributed by atoms with Crippen molar-refractivity contribution in [2.45, 2.75) is 25.7 Å². The Bertz CT molecular complexity index is 755. The van der Waals surface area contributed by atoms with Gasteiger partial charge in [-0.3, -0.25) is 4.79 Å². The van der Waals surface area contributed by atoms with Crippen molar-refractivity contribution < 1.29 is 13.9 Å². The van der Waals surface area contributed by atoms with Gasteiger partial charge in [0.2, 0.25) is 5.75 Å². The molecule has 1 aliphatic rings. The lowest BCUT2D eigenvalue weighted by Crippen LogP contribution is -2.15. The first-order chi connectivity index (χ1) is 9.66. The Kier molecular flexibility index (Phi) is 3.14. The van der Waals surface area contributed by atoms with Gasteiger partial charge in [0.15, 0.2) is 0 Å².